The van der Waals surface area contributed by atoms with E-state index >= 15 is 0 Å². The average Bonchev–Trinajstić information content (AvgIpc) is 3.01. The van der Waals surface area contributed by atoms with Crippen molar-refractivity contribution in [3.63, 3.8) is 0 Å². The zero-order chi connectivity index (χ0) is 15.1. The lowest BCUT2D eigenvalue weighted by Gasteiger charge is -2.10. The number of aliphatic hydroxyl groups is 1. The molecule has 1 aliphatic heterocycles. The molecule has 2 heterocycles. The lowest BCUT2D eigenvalue weighted by atomic mass is 10.0. The lowest BCUT2D eigenvalue weighted by Crippen LogP contribution is -2.00. The summed E-state index contributed by atoms with van der Waals surface area (Å²) in [7, 11) is 0. The van der Waals surface area contributed by atoms with E-state index in [4.69, 9.17) is 33.2 Å². The number of hydrogen-bond donors (Lipinski definition) is 1. The van der Waals surface area contributed by atoms with Crippen molar-refractivity contribution in [3.05, 3.63) is 27.4 Å². The SMILES string of the molecule is Cc1c2n(c3c(Cl)c(Cl)cc(OCC#N)c13)CCC2CO. The smallest absolute Gasteiger partial charge is 0.174 e. The standard InChI is InChI=1S/C15H14Cl2N2O2/c1-8-12-11(21-5-3-18)6-10(16)13(17)15(12)19-4-2-9(7-20)14(8)19/h6,9,20H,2,4-5,7H2,1H3. The maximum atomic E-state index is 9.55. The number of ether oxygens (including phenoxy) is 1. The molecule has 110 valence electrons. The predicted molar refractivity (Wildman–Crippen MR) is 82.2 cm³/mol. The summed E-state index contributed by atoms with van der Waals surface area (Å²) in [6.07, 6.45) is 0.889. The molecule has 0 saturated carbocycles. The first kappa shape index (κ1) is 14.5. The summed E-state index contributed by atoms with van der Waals surface area (Å²) in [5.41, 5.74) is 2.95. The Kier molecular flexibility index (Phi) is 3.75. The first-order chi connectivity index (χ1) is 10.1. The molecule has 4 nitrogen and oxygen atoms in total. The number of aromatic nitrogens is 1. The van der Waals surface area contributed by atoms with Gasteiger partial charge in [-0.1, -0.05) is 23.2 Å². The molecular weight excluding hydrogens is 311 g/mol. The summed E-state index contributed by atoms with van der Waals surface area (Å²) >= 11 is 12.6. The fraction of sp³-hybridized carbons (Fsp3) is 0.400. The van der Waals surface area contributed by atoms with Crippen LogP contribution in [0.25, 0.3) is 10.9 Å². The fourth-order valence-corrected chi connectivity index (χ4v) is 3.68. The number of nitrogens with zero attached hydrogens (tertiary/aromatic N) is 2. The number of aryl methyl sites for hydroxylation is 2. The van der Waals surface area contributed by atoms with Crippen LogP contribution in [0.1, 0.15) is 23.6 Å². The molecule has 1 atom stereocenters. The number of fused-ring (bicyclic) bond motifs is 3. The highest BCUT2D eigenvalue weighted by molar-refractivity contribution is 6.45. The second kappa shape index (κ2) is 5.42. The first-order valence-electron chi connectivity index (χ1n) is 6.71. The second-order valence-corrected chi connectivity index (χ2v) is 5.96. The van der Waals surface area contributed by atoms with Crippen LogP contribution < -0.4 is 4.74 Å². The first-order valence-corrected chi connectivity index (χ1v) is 7.47. The summed E-state index contributed by atoms with van der Waals surface area (Å²) in [6.45, 7) is 2.85. The van der Waals surface area contributed by atoms with Crippen molar-refractivity contribution in [3.8, 4) is 11.8 Å². The molecule has 0 radical (unpaired) electrons. The maximum absolute atomic E-state index is 9.55. The minimum Gasteiger partial charge on any atom is -0.478 e. The van der Waals surface area contributed by atoms with Gasteiger partial charge in [0.25, 0.3) is 0 Å². The van der Waals surface area contributed by atoms with Crippen LogP contribution in [0.5, 0.6) is 5.75 Å². The zero-order valence-corrected chi connectivity index (χ0v) is 13.0. The third-order valence-corrected chi connectivity index (χ3v) is 4.86. The number of benzene rings is 1. The molecule has 1 N–H and O–H groups in total. The number of halogens is 2. The second-order valence-electron chi connectivity index (χ2n) is 5.17. The van der Waals surface area contributed by atoms with Crippen molar-refractivity contribution in [2.45, 2.75) is 25.8 Å². The van der Waals surface area contributed by atoms with Crippen LogP contribution in [0, 0.1) is 18.3 Å². The molecule has 21 heavy (non-hydrogen) atoms. The van der Waals surface area contributed by atoms with Gasteiger partial charge in [-0.3, -0.25) is 0 Å². The molecule has 0 amide bonds. The molecule has 1 unspecified atom stereocenters. The molecule has 0 saturated heterocycles. The molecule has 1 aromatic carbocycles. The van der Waals surface area contributed by atoms with Crippen LogP contribution in [0.3, 0.4) is 0 Å². The van der Waals surface area contributed by atoms with Crippen molar-refractivity contribution in [2.24, 2.45) is 0 Å². The van der Waals surface area contributed by atoms with Gasteiger partial charge in [-0.05, 0) is 18.9 Å². The summed E-state index contributed by atoms with van der Waals surface area (Å²) < 4.78 is 7.62. The van der Waals surface area contributed by atoms with Gasteiger partial charge in [0.05, 0.1) is 22.2 Å². The van der Waals surface area contributed by atoms with Gasteiger partial charge in [-0.15, -0.1) is 0 Å². The lowest BCUT2D eigenvalue weighted by molar-refractivity contribution is 0.265. The minimum atomic E-state index is -0.0452. The molecule has 1 aliphatic rings. The van der Waals surface area contributed by atoms with Gasteiger partial charge in [0.1, 0.15) is 11.8 Å². The van der Waals surface area contributed by atoms with Crippen LogP contribution in [0.2, 0.25) is 10.0 Å². The maximum Gasteiger partial charge on any atom is 0.174 e. The van der Waals surface area contributed by atoms with Gasteiger partial charge >= 0.3 is 0 Å². The Morgan fingerprint density at radius 1 is 1.52 bits per heavy atom. The fourth-order valence-electron chi connectivity index (χ4n) is 3.24. The highest BCUT2D eigenvalue weighted by Gasteiger charge is 2.30. The molecule has 2 aromatic rings. The molecular formula is C15H14Cl2N2O2. The van der Waals surface area contributed by atoms with E-state index in [1.54, 1.807) is 6.07 Å². The summed E-state index contributed by atoms with van der Waals surface area (Å²) in [5, 5.41) is 20.0. The third-order valence-electron chi connectivity index (χ3n) is 4.08. The van der Waals surface area contributed by atoms with Gasteiger partial charge in [0, 0.05) is 29.6 Å². The average molecular weight is 325 g/mol. The van der Waals surface area contributed by atoms with Crippen molar-refractivity contribution in [1.29, 1.82) is 5.26 Å². The number of nitriles is 1. The van der Waals surface area contributed by atoms with E-state index in [0.29, 0.717) is 15.8 Å². The Hall–Kier alpha value is -1.41. The summed E-state index contributed by atoms with van der Waals surface area (Å²) in [5.74, 6) is 0.674. The van der Waals surface area contributed by atoms with Crippen LogP contribution >= 0.6 is 23.2 Å². The van der Waals surface area contributed by atoms with E-state index in [2.05, 4.69) is 4.57 Å². The molecule has 0 aliphatic carbocycles. The largest absolute Gasteiger partial charge is 0.478 e. The van der Waals surface area contributed by atoms with Crippen LogP contribution in [-0.2, 0) is 6.54 Å². The molecule has 0 spiro atoms. The minimum absolute atomic E-state index is 0.0452. The highest BCUT2D eigenvalue weighted by atomic mass is 35.5. The van der Waals surface area contributed by atoms with E-state index in [1.165, 1.54) is 0 Å². The Bertz CT molecular complexity index is 762. The van der Waals surface area contributed by atoms with E-state index in [9.17, 15) is 5.11 Å². The van der Waals surface area contributed by atoms with Crippen molar-refractivity contribution in [1.82, 2.24) is 4.57 Å². The third kappa shape index (κ3) is 2.08. The van der Waals surface area contributed by atoms with E-state index in [-0.39, 0.29) is 19.1 Å². The Morgan fingerprint density at radius 3 is 2.95 bits per heavy atom. The quantitative estimate of drug-likeness (QED) is 0.937. The molecule has 1 aromatic heterocycles. The predicted octanol–water partition coefficient (Wildman–Crippen LogP) is 3.64. The van der Waals surface area contributed by atoms with E-state index < -0.39 is 0 Å². The molecule has 3 rings (SSSR count). The van der Waals surface area contributed by atoms with Gasteiger partial charge in [-0.2, -0.15) is 5.26 Å². The molecule has 6 heteroatoms. The number of aliphatic hydroxyl groups excluding tert-OH is 1. The van der Waals surface area contributed by atoms with Crippen molar-refractivity contribution in [2.75, 3.05) is 13.2 Å². The van der Waals surface area contributed by atoms with Crippen LogP contribution in [0.4, 0.5) is 0 Å². The van der Waals surface area contributed by atoms with Gasteiger partial charge < -0.3 is 14.4 Å². The molecule has 0 bridgehead atoms. The summed E-state index contributed by atoms with van der Waals surface area (Å²) in [6, 6.07) is 3.61. The van der Waals surface area contributed by atoms with Gasteiger partial charge in [-0.25, -0.2) is 0 Å². The van der Waals surface area contributed by atoms with Crippen molar-refractivity contribution < 1.29 is 9.84 Å². The molecule has 0 fully saturated rings. The van der Waals surface area contributed by atoms with Gasteiger partial charge in [0.2, 0.25) is 0 Å². The topological polar surface area (TPSA) is 58.2 Å². The number of rotatable bonds is 3. The van der Waals surface area contributed by atoms with E-state index in [0.717, 1.165) is 35.1 Å². The van der Waals surface area contributed by atoms with Crippen LogP contribution in [0.15, 0.2) is 6.07 Å². The number of hydrogen-bond acceptors (Lipinski definition) is 3. The van der Waals surface area contributed by atoms with Gasteiger partial charge in [0.15, 0.2) is 6.61 Å². The van der Waals surface area contributed by atoms with Crippen LogP contribution in [-0.4, -0.2) is 22.9 Å². The Labute approximate surface area is 132 Å². The summed E-state index contributed by atoms with van der Waals surface area (Å²) in [4.78, 5) is 0. The normalized spacial score (nSPS) is 17.0. The van der Waals surface area contributed by atoms with Crippen molar-refractivity contribution >= 4 is 34.1 Å². The monoisotopic (exact) mass is 324 g/mol. The van der Waals surface area contributed by atoms with E-state index in [1.807, 2.05) is 13.0 Å². The Balaban J connectivity index is 2.33. The highest BCUT2D eigenvalue weighted by Crippen LogP contribution is 2.46. The Morgan fingerprint density at radius 2 is 2.29 bits per heavy atom. The zero-order valence-electron chi connectivity index (χ0n) is 11.5.